The van der Waals surface area contributed by atoms with Crippen LogP contribution in [0.4, 0.5) is 0 Å². The largest absolute Gasteiger partial charge is 0.386 e. The fourth-order valence-corrected chi connectivity index (χ4v) is 2.48. The molecule has 0 radical (unpaired) electrons. The van der Waals surface area contributed by atoms with Gasteiger partial charge in [-0.2, -0.15) is 0 Å². The number of amides is 1. The first-order chi connectivity index (χ1) is 8.45. The summed E-state index contributed by atoms with van der Waals surface area (Å²) in [5, 5.41) is 10.5. The molecular weight excluding hydrogens is 275 g/mol. The summed E-state index contributed by atoms with van der Waals surface area (Å²) in [5.41, 5.74) is -0.613. The van der Waals surface area contributed by atoms with E-state index in [1.807, 2.05) is 6.92 Å². The fraction of sp³-hybridized carbons (Fsp3) is 0.500. The lowest BCUT2D eigenvalue weighted by Crippen LogP contribution is -2.63. The summed E-state index contributed by atoms with van der Waals surface area (Å²) in [4.78, 5) is 17.6. The first-order valence-electron chi connectivity index (χ1n) is 5.79. The van der Waals surface area contributed by atoms with E-state index in [0.717, 1.165) is 6.42 Å². The summed E-state index contributed by atoms with van der Waals surface area (Å²) in [6, 6.07) is 3.08. The van der Waals surface area contributed by atoms with E-state index in [9.17, 15) is 9.90 Å². The van der Waals surface area contributed by atoms with Crippen molar-refractivity contribution >= 4 is 29.1 Å². The minimum Gasteiger partial charge on any atom is -0.386 e. The standard InChI is InChI=1S/C12H14Cl2N2O2/c1-2-5-12(18)6-16(7-12)11(17)10-8(13)3-4-9(14)15-10/h3-4,18H,2,5-7H2,1H3. The lowest BCUT2D eigenvalue weighted by molar-refractivity contribution is -0.0861. The molecule has 1 saturated heterocycles. The van der Waals surface area contributed by atoms with E-state index in [1.165, 1.54) is 11.0 Å². The van der Waals surface area contributed by atoms with Crippen molar-refractivity contribution in [1.29, 1.82) is 0 Å². The third-order valence-electron chi connectivity index (χ3n) is 2.99. The van der Waals surface area contributed by atoms with Crippen LogP contribution in [0.15, 0.2) is 12.1 Å². The van der Waals surface area contributed by atoms with Gasteiger partial charge in [0.25, 0.3) is 5.91 Å². The van der Waals surface area contributed by atoms with Crippen molar-refractivity contribution in [3.05, 3.63) is 28.0 Å². The van der Waals surface area contributed by atoms with Crippen LogP contribution >= 0.6 is 23.2 Å². The van der Waals surface area contributed by atoms with Gasteiger partial charge in [0.05, 0.1) is 23.7 Å². The maximum absolute atomic E-state index is 12.1. The van der Waals surface area contributed by atoms with Crippen molar-refractivity contribution in [3.8, 4) is 0 Å². The molecule has 6 heteroatoms. The molecule has 4 nitrogen and oxygen atoms in total. The highest BCUT2D eigenvalue weighted by Gasteiger charge is 2.43. The molecule has 0 aliphatic carbocycles. The topological polar surface area (TPSA) is 53.4 Å². The summed E-state index contributed by atoms with van der Waals surface area (Å²) in [6.07, 6.45) is 1.57. The predicted molar refractivity (Wildman–Crippen MR) is 70.0 cm³/mol. The second-order valence-corrected chi connectivity index (χ2v) is 5.39. The van der Waals surface area contributed by atoms with Crippen LogP contribution in [0.5, 0.6) is 0 Å². The monoisotopic (exact) mass is 288 g/mol. The van der Waals surface area contributed by atoms with Crippen molar-refractivity contribution in [3.63, 3.8) is 0 Å². The number of aliphatic hydroxyl groups is 1. The number of β-amino-alcohol motifs (C(OH)–C–C–N with tert-alkyl or cyclic N) is 1. The van der Waals surface area contributed by atoms with Crippen LogP contribution in [0.1, 0.15) is 30.3 Å². The maximum Gasteiger partial charge on any atom is 0.274 e. The van der Waals surface area contributed by atoms with Gasteiger partial charge in [0.2, 0.25) is 0 Å². The Labute approximate surface area is 116 Å². The molecule has 1 amide bonds. The van der Waals surface area contributed by atoms with Gasteiger partial charge in [-0.05, 0) is 18.6 Å². The average Bonchev–Trinajstić information content (AvgIpc) is 2.28. The van der Waals surface area contributed by atoms with Gasteiger partial charge in [0.15, 0.2) is 0 Å². The fourth-order valence-electron chi connectivity index (χ4n) is 2.15. The normalized spacial score (nSPS) is 17.4. The highest BCUT2D eigenvalue weighted by molar-refractivity contribution is 6.34. The van der Waals surface area contributed by atoms with Gasteiger partial charge < -0.3 is 10.0 Å². The zero-order valence-corrected chi connectivity index (χ0v) is 11.5. The average molecular weight is 289 g/mol. The highest BCUT2D eigenvalue weighted by Crippen LogP contribution is 2.28. The van der Waals surface area contributed by atoms with Crippen molar-refractivity contribution in [2.45, 2.75) is 25.4 Å². The molecular formula is C12H14Cl2N2O2. The number of rotatable bonds is 3. The van der Waals surface area contributed by atoms with Crippen molar-refractivity contribution in [2.24, 2.45) is 0 Å². The van der Waals surface area contributed by atoms with E-state index < -0.39 is 5.60 Å². The molecule has 1 N–H and O–H groups in total. The van der Waals surface area contributed by atoms with Gasteiger partial charge in [-0.3, -0.25) is 4.79 Å². The lowest BCUT2D eigenvalue weighted by Gasteiger charge is -2.46. The number of aromatic nitrogens is 1. The second kappa shape index (κ2) is 5.03. The summed E-state index contributed by atoms with van der Waals surface area (Å²) in [5.74, 6) is -0.289. The predicted octanol–water partition coefficient (Wildman–Crippen LogP) is 2.38. The maximum atomic E-state index is 12.1. The molecule has 1 aliphatic heterocycles. The number of pyridine rings is 1. The molecule has 0 atom stereocenters. The molecule has 0 saturated carbocycles. The van der Waals surface area contributed by atoms with Crippen LogP contribution < -0.4 is 0 Å². The Balaban J connectivity index is 2.08. The quantitative estimate of drug-likeness (QED) is 0.869. The lowest BCUT2D eigenvalue weighted by atomic mass is 9.89. The van der Waals surface area contributed by atoms with Crippen LogP contribution in [0, 0.1) is 0 Å². The summed E-state index contributed by atoms with van der Waals surface area (Å²) >= 11 is 11.7. The Hall–Kier alpha value is -0.840. The first-order valence-corrected chi connectivity index (χ1v) is 6.54. The number of carbonyl (C=O) groups excluding carboxylic acids is 1. The Morgan fingerprint density at radius 1 is 1.50 bits per heavy atom. The number of likely N-dealkylation sites (tertiary alicyclic amines) is 1. The molecule has 1 aromatic rings. The van der Waals surface area contributed by atoms with E-state index in [-0.39, 0.29) is 21.8 Å². The molecule has 2 rings (SSSR count). The summed E-state index contributed by atoms with van der Waals surface area (Å²) < 4.78 is 0. The highest BCUT2D eigenvalue weighted by atomic mass is 35.5. The van der Waals surface area contributed by atoms with E-state index in [0.29, 0.717) is 19.5 Å². The summed E-state index contributed by atoms with van der Waals surface area (Å²) in [7, 11) is 0. The molecule has 1 aromatic heterocycles. The summed E-state index contributed by atoms with van der Waals surface area (Å²) in [6.45, 7) is 2.65. The Kier molecular flexibility index (Phi) is 3.80. The van der Waals surface area contributed by atoms with E-state index in [4.69, 9.17) is 23.2 Å². The number of carbonyl (C=O) groups is 1. The van der Waals surface area contributed by atoms with Crippen LogP contribution in [0.3, 0.4) is 0 Å². The van der Waals surface area contributed by atoms with Gasteiger partial charge in [-0.15, -0.1) is 0 Å². The Bertz CT molecular complexity index is 473. The van der Waals surface area contributed by atoms with Crippen LogP contribution in [0.2, 0.25) is 10.2 Å². The first kappa shape index (κ1) is 13.6. The van der Waals surface area contributed by atoms with E-state index in [1.54, 1.807) is 6.07 Å². The molecule has 98 valence electrons. The second-order valence-electron chi connectivity index (χ2n) is 4.60. The number of halogens is 2. The van der Waals surface area contributed by atoms with Crippen molar-refractivity contribution < 1.29 is 9.90 Å². The molecule has 2 heterocycles. The third kappa shape index (κ3) is 2.60. The van der Waals surface area contributed by atoms with Crippen molar-refractivity contribution in [1.82, 2.24) is 9.88 Å². The molecule has 0 aromatic carbocycles. The van der Waals surface area contributed by atoms with E-state index in [2.05, 4.69) is 4.98 Å². The van der Waals surface area contributed by atoms with Crippen LogP contribution in [-0.4, -0.2) is 39.6 Å². The van der Waals surface area contributed by atoms with Gasteiger partial charge in [0, 0.05) is 0 Å². The van der Waals surface area contributed by atoms with Gasteiger partial charge >= 0.3 is 0 Å². The van der Waals surface area contributed by atoms with Crippen LogP contribution in [-0.2, 0) is 0 Å². The molecule has 0 bridgehead atoms. The molecule has 0 unspecified atom stereocenters. The number of nitrogens with zero attached hydrogens (tertiary/aromatic N) is 2. The number of hydrogen-bond acceptors (Lipinski definition) is 3. The third-order valence-corrected chi connectivity index (χ3v) is 3.50. The zero-order chi connectivity index (χ0) is 13.3. The minimum absolute atomic E-state index is 0.141. The minimum atomic E-state index is -0.755. The molecule has 1 aliphatic rings. The van der Waals surface area contributed by atoms with Crippen LogP contribution in [0.25, 0.3) is 0 Å². The van der Waals surface area contributed by atoms with E-state index >= 15 is 0 Å². The molecule has 0 spiro atoms. The SMILES string of the molecule is CCCC1(O)CN(C(=O)c2nc(Cl)ccc2Cl)C1. The van der Waals surface area contributed by atoms with Gasteiger partial charge in [-0.1, -0.05) is 36.5 Å². The Morgan fingerprint density at radius 3 is 2.78 bits per heavy atom. The number of hydrogen-bond donors (Lipinski definition) is 1. The van der Waals surface area contributed by atoms with Crippen molar-refractivity contribution in [2.75, 3.05) is 13.1 Å². The van der Waals surface area contributed by atoms with Gasteiger partial charge in [-0.25, -0.2) is 4.98 Å². The Morgan fingerprint density at radius 2 is 2.17 bits per heavy atom. The zero-order valence-electron chi connectivity index (χ0n) is 9.99. The van der Waals surface area contributed by atoms with Gasteiger partial charge in [0.1, 0.15) is 10.8 Å². The molecule has 18 heavy (non-hydrogen) atoms. The molecule has 1 fully saturated rings. The smallest absolute Gasteiger partial charge is 0.274 e.